The van der Waals surface area contributed by atoms with E-state index in [2.05, 4.69) is 16.3 Å². The summed E-state index contributed by atoms with van der Waals surface area (Å²) in [5, 5.41) is 13.0. The SMILES string of the molecule is CC(C)C[C@@H](C(=O)N1C[C@]2(C[C@H]1C#N)C(=O)Nc1ccccc12)N(C)C(=O)[C@H]1CC[C@H](c2ccc(F)cc2)N1C(C)C. The molecule has 9 heteroatoms. The van der Waals surface area contributed by atoms with Crippen LogP contribution in [0.25, 0.3) is 0 Å². The Bertz CT molecular complexity index is 1400. The van der Waals surface area contributed by atoms with Crippen LogP contribution < -0.4 is 5.32 Å². The highest BCUT2D eigenvalue weighted by molar-refractivity contribution is 6.07. The van der Waals surface area contributed by atoms with Gasteiger partial charge in [-0.25, -0.2) is 4.39 Å². The molecule has 3 aliphatic rings. The first kappa shape index (κ1) is 29.7. The van der Waals surface area contributed by atoms with Gasteiger partial charge in [-0.1, -0.05) is 44.2 Å². The number of nitriles is 1. The van der Waals surface area contributed by atoms with E-state index in [0.29, 0.717) is 18.5 Å². The first-order chi connectivity index (χ1) is 20.0. The number of carbonyl (C=O) groups is 3. The van der Waals surface area contributed by atoms with Gasteiger partial charge in [0.25, 0.3) is 0 Å². The predicted octanol–water partition coefficient (Wildman–Crippen LogP) is 4.63. The molecule has 0 radical (unpaired) electrons. The third-order valence-corrected chi connectivity index (χ3v) is 9.28. The van der Waals surface area contributed by atoms with Crippen molar-refractivity contribution in [1.82, 2.24) is 14.7 Å². The molecule has 2 aromatic carbocycles. The summed E-state index contributed by atoms with van der Waals surface area (Å²) >= 11 is 0. The summed E-state index contributed by atoms with van der Waals surface area (Å²) in [5.41, 5.74) is 1.50. The van der Waals surface area contributed by atoms with Crippen molar-refractivity contribution in [3.05, 3.63) is 65.5 Å². The zero-order chi connectivity index (χ0) is 30.3. The van der Waals surface area contributed by atoms with Crippen molar-refractivity contribution in [3.8, 4) is 6.07 Å². The van der Waals surface area contributed by atoms with Gasteiger partial charge in [-0.15, -0.1) is 0 Å². The summed E-state index contributed by atoms with van der Waals surface area (Å²) in [7, 11) is 1.68. The highest BCUT2D eigenvalue weighted by atomic mass is 19.1. The topological polar surface area (TPSA) is 96.7 Å². The number of hydrogen-bond acceptors (Lipinski definition) is 5. The lowest BCUT2D eigenvalue weighted by Crippen LogP contribution is -2.56. The van der Waals surface area contributed by atoms with Gasteiger partial charge in [0, 0.05) is 37.8 Å². The minimum absolute atomic E-state index is 0.0328. The number of likely N-dealkylation sites (N-methyl/N-ethyl adjacent to an activating group) is 1. The van der Waals surface area contributed by atoms with Crippen LogP contribution in [0.15, 0.2) is 48.5 Å². The molecule has 0 unspecified atom stereocenters. The molecule has 2 saturated heterocycles. The highest BCUT2D eigenvalue weighted by Gasteiger charge is 2.57. The Labute approximate surface area is 247 Å². The average Bonchev–Trinajstić information content (AvgIpc) is 3.65. The number of benzene rings is 2. The molecule has 222 valence electrons. The number of nitrogens with one attached hydrogen (secondary N) is 1. The monoisotopic (exact) mass is 573 g/mol. The Morgan fingerprint density at radius 3 is 2.45 bits per heavy atom. The van der Waals surface area contributed by atoms with Gasteiger partial charge >= 0.3 is 0 Å². The second-order valence-electron chi connectivity index (χ2n) is 12.7. The van der Waals surface area contributed by atoms with Crippen LogP contribution in [0.1, 0.15) is 70.5 Å². The number of para-hydroxylation sites is 1. The van der Waals surface area contributed by atoms with E-state index in [9.17, 15) is 24.0 Å². The first-order valence-electron chi connectivity index (χ1n) is 14.9. The minimum Gasteiger partial charge on any atom is -0.332 e. The molecule has 0 aromatic heterocycles. The van der Waals surface area contributed by atoms with Crippen LogP contribution in [-0.2, 0) is 19.8 Å². The largest absolute Gasteiger partial charge is 0.332 e. The normalized spacial score (nSPS) is 26.0. The molecule has 0 bridgehead atoms. The minimum atomic E-state index is -0.986. The lowest BCUT2D eigenvalue weighted by molar-refractivity contribution is -0.148. The summed E-state index contributed by atoms with van der Waals surface area (Å²) < 4.78 is 13.6. The summed E-state index contributed by atoms with van der Waals surface area (Å²) in [6.45, 7) is 8.20. The van der Waals surface area contributed by atoms with Gasteiger partial charge < -0.3 is 15.1 Å². The van der Waals surface area contributed by atoms with Gasteiger partial charge in [-0.3, -0.25) is 19.3 Å². The predicted molar refractivity (Wildman–Crippen MR) is 158 cm³/mol. The fourth-order valence-corrected chi connectivity index (χ4v) is 7.26. The fraction of sp³-hybridized carbons (Fsp3) is 0.515. The van der Waals surface area contributed by atoms with E-state index in [1.165, 1.54) is 17.0 Å². The molecule has 5 rings (SSSR count). The molecular weight excluding hydrogens is 533 g/mol. The molecule has 1 N–H and O–H groups in total. The molecule has 1 spiro atoms. The Morgan fingerprint density at radius 2 is 1.81 bits per heavy atom. The maximum absolute atomic E-state index is 14.3. The zero-order valence-corrected chi connectivity index (χ0v) is 25.0. The molecule has 42 heavy (non-hydrogen) atoms. The number of hydrogen-bond donors (Lipinski definition) is 1. The summed E-state index contributed by atoms with van der Waals surface area (Å²) in [4.78, 5) is 47.0. The second-order valence-corrected chi connectivity index (χ2v) is 12.7. The van der Waals surface area contributed by atoms with Gasteiger partial charge in [0.2, 0.25) is 17.7 Å². The van der Waals surface area contributed by atoms with Crippen LogP contribution in [0.5, 0.6) is 0 Å². The molecule has 0 aliphatic carbocycles. The number of fused-ring (bicyclic) bond motifs is 2. The third kappa shape index (κ3) is 5.06. The van der Waals surface area contributed by atoms with Crippen molar-refractivity contribution >= 4 is 23.4 Å². The number of halogens is 1. The van der Waals surface area contributed by atoms with Crippen LogP contribution >= 0.6 is 0 Å². The number of likely N-dealkylation sites (tertiary alicyclic amines) is 2. The van der Waals surface area contributed by atoms with Crippen molar-refractivity contribution in [3.63, 3.8) is 0 Å². The molecule has 2 aromatic rings. The van der Waals surface area contributed by atoms with E-state index >= 15 is 0 Å². The summed E-state index contributed by atoms with van der Waals surface area (Å²) in [6, 6.07) is 14.2. The van der Waals surface area contributed by atoms with Gasteiger partial charge in [0.15, 0.2) is 0 Å². The van der Waals surface area contributed by atoms with E-state index < -0.39 is 23.5 Å². The number of amides is 3. The molecule has 3 heterocycles. The molecule has 5 atom stereocenters. The molecule has 2 fully saturated rings. The highest BCUT2D eigenvalue weighted by Crippen LogP contribution is 2.46. The van der Waals surface area contributed by atoms with Crippen molar-refractivity contribution in [2.24, 2.45) is 5.92 Å². The van der Waals surface area contributed by atoms with Gasteiger partial charge in [0.1, 0.15) is 17.9 Å². The Morgan fingerprint density at radius 1 is 1.12 bits per heavy atom. The van der Waals surface area contributed by atoms with E-state index in [-0.39, 0.29) is 54.5 Å². The zero-order valence-electron chi connectivity index (χ0n) is 25.0. The summed E-state index contributed by atoms with van der Waals surface area (Å²) in [6.07, 6.45) is 2.02. The van der Waals surface area contributed by atoms with Crippen LogP contribution in [0.4, 0.5) is 10.1 Å². The van der Waals surface area contributed by atoms with Gasteiger partial charge in [-0.05, 0) is 68.4 Å². The maximum atomic E-state index is 14.3. The van der Waals surface area contributed by atoms with Crippen LogP contribution in [-0.4, -0.2) is 70.2 Å². The fourth-order valence-electron chi connectivity index (χ4n) is 7.26. The quantitative estimate of drug-likeness (QED) is 0.521. The molecule has 0 saturated carbocycles. The maximum Gasteiger partial charge on any atom is 0.246 e. The Kier molecular flexibility index (Phi) is 8.13. The van der Waals surface area contributed by atoms with Crippen molar-refractivity contribution < 1.29 is 18.8 Å². The summed E-state index contributed by atoms with van der Waals surface area (Å²) in [5.74, 6) is -0.829. The third-order valence-electron chi connectivity index (χ3n) is 9.28. The van der Waals surface area contributed by atoms with E-state index in [4.69, 9.17) is 0 Å². The number of rotatable bonds is 7. The molecule has 3 amide bonds. The standard InChI is InChI=1S/C33H40FN5O3/c1-20(2)16-29(31(41)38-19-33(17-24(38)18-35)25-8-6-7-9-26(25)36-32(33)42)37(5)30(40)28-15-14-27(39(28)21(3)4)22-10-12-23(34)13-11-22/h6-13,20-21,24,27-29H,14-17,19H2,1-5H3,(H,36,42)/t24-,27+,28+,29-,33-/m0/s1. The second kappa shape index (κ2) is 11.5. The number of anilines is 1. The number of nitrogens with zero attached hydrogens (tertiary/aromatic N) is 4. The number of carbonyl (C=O) groups excluding carboxylic acids is 3. The van der Waals surface area contributed by atoms with E-state index in [1.54, 1.807) is 24.1 Å². The van der Waals surface area contributed by atoms with Crippen LogP contribution in [0, 0.1) is 23.1 Å². The van der Waals surface area contributed by atoms with Crippen LogP contribution in [0.2, 0.25) is 0 Å². The smallest absolute Gasteiger partial charge is 0.246 e. The van der Waals surface area contributed by atoms with Gasteiger partial charge in [-0.2, -0.15) is 5.26 Å². The van der Waals surface area contributed by atoms with Gasteiger partial charge in [0.05, 0.1) is 17.5 Å². The first-order valence-corrected chi connectivity index (χ1v) is 14.9. The Balaban J connectivity index is 1.41. The van der Waals surface area contributed by atoms with E-state index in [0.717, 1.165) is 17.5 Å². The van der Waals surface area contributed by atoms with Crippen molar-refractivity contribution in [2.75, 3.05) is 18.9 Å². The average molecular weight is 574 g/mol. The Hall–Kier alpha value is -3.77. The van der Waals surface area contributed by atoms with E-state index in [1.807, 2.05) is 52.0 Å². The lowest BCUT2D eigenvalue weighted by Gasteiger charge is -2.38. The van der Waals surface area contributed by atoms with Crippen LogP contribution in [0.3, 0.4) is 0 Å². The lowest BCUT2D eigenvalue weighted by atomic mass is 9.80. The molecular formula is C33H40FN5O3. The molecule has 3 aliphatic heterocycles. The van der Waals surface area contributed by atoms with Crippen molar-refractivity contribution in [1.29, 1.82) is 5.26 Å². The molecule has 8 nitrogen and oxygen atoms in total. The van der Waals surface area contributed by atoms with Crippen molar-refractivity contribution in [2.45, 2.75) is 89.0 Å².